The van der Waals surface area contributed by atoms with Gasteiger partial charge in [-0.05, 0) is 109 Å². The molecule has 6 heteroatoms. The van der Waals surface area contributed by atoms with Crippen LogP contribution < -0.4 is 21.9 Å². The molecule has 2 fully saturated rings. The third-order valence-electron chi connectivity index (χ3n) is 9.67. The number of hydrogen-bond donors (Lipinski definition) is 3. The fourth-order valence-electron chi connectivity index (χ4n) is 8.32. The predicted octanol–water partition coefficient (Wildman–Crippen LogP) is 4.34. The summed E-state index contributed by atoms with van der Waals surface area (Å²) in [5.74, 6) is 1.68. The van der Waals surface area contributed by atoms with Crippen molar-refractivity contribution in [1.82, 2.24) is 0 Å². The van der Waals surface area contributed by atoms with E-state index >= 15 is 0 Å². The first-order valence-electron chi connectivity index (χ1n) is 13.0. The first-order valence-corrected chi connectivity index (χ1v) is 13.0. The SMILES string of the molecule is Cc1cc(OC(=O)C(N)CCCN=C(N)N)cc2c1[C@]1(C)CC[C@H]3C(C)(C)CCC[C@]3(C)[C@H]1C2. The molecule has 0 radical (unpaired) electrons. The second-order valence-electron chi connectivity index (χ2n) is 12.4. The number of aliphatic imine (C=N–C) groups is 1. The van der Waals surface area contributed by atoms with E-state index in [-0.39, 0.29) is 11.4 Å². The zero-order chi connectivity index (χ0) is 24.9. The lowest BCUT2D eigenvalue weighted by atomic mass is 9.43. The number of hydrogen-bond acceptors (Lipinski definition) is 4. The third kappa shape index (κ3) is 4.23. The van der Waals surface area contributed by atoms with Crippen LogP contribution in [0.5, 0.6) is 5.75 Å². The van der Waals surface area contributed by atoms with Gasteiger partial charge in [-0.25, -0.2) is 4.79 Å². The van der Waals surface area contributed by atoms with Crippen LogP contribution >= 0.6 is 0 Å². The Hall–Kier alpha value is -2.08. The molecule has 1 aromatic rings. The molecule has 6 nitrogen and oxygen atoms in total. The van der Waals surface area contributed by atoms with E-state index < -0.39 is 12.0 Å². The van der Waals surface area contributed by atoms with E-state index in [2.05, 4.69) is 45.7 Å². The maximum Gasteiger partial charge on any atom is 0.328 e. The van der Waals surface area contributed by atoms with E-state index in [4.69, 9.17) is 21.9 Å². The van der Waals surface area contributed by atoms with Crippen molar-refractivity contribution < 1.29 is 9.53 Å². The maximum absolute atomic E-state index is 12.6. The van der Waals surface area contributed by atoms with Crippen molar-refractivity contribution >= 4 is 11.9 Å². The molecular formula is C28H44N4O2. The quantitative estimate of drug-likeness (QED) is 0.189. The number of rotatable bonds is 6. The maximum atomic E-state index is 12.6. The molecule has 0 spiro atoms. The van der Waals surface area contributed by atoms with Gasteiger partial charge >= 0.3 is 5.97 Å². The number of guanidine groups is 1. The summed E-state index contributed by atoms with van der Waals surface area (Å²) < 4.78 is 5.76. The summed E-state index contributed by atoms with van der Waals surface area (Å²) in [6.45, 7) is 12.7. The number of esters is 1. The standard InChI is InChI=1S/C28H44N4O2/c1-17-14-19(34-24(33)20(29)8-6-13-32-25(30)31)15-18-16-22-27(4)11-7-10-26(2,3)21(27)9-12-28(22,5)23(17)18/h14-15,20-22H,6-13,16,29H2,1-5H3,(H4,30,31,32)/t20?,21-,22+,27-,28+/m0/s1. The second-order valence-corrected chi connectivity index (χ2v) is 12.4. The summed E-state index contributed by atoms with van der Waals surface area (Å²) in [7, 11) is 0. The Morgan fingerprint density at radius 2 is 1.88 bits per heavy atom. The molecule has 4 rings (SSSR count). The Morgan fingerprint density at radius 1 is 1.15 bits per heavy atom. The molecule has 3 aliphatic rings. The Balaban J connectivity index is 1.53. The van der Waals surface area contributed by atoms with Crippen molar-refractivity contribution in [2.24, 2.45) is 44.9 Å². The number of aryl methyl sites for hydroxylation is 1. The zero-order valence-corrected chi connectivity index (χ0v) is 21.7. The molecular weight excluding hydrogens is 424 g/mol. The van der Waals surface area contributed by atoms with Crippen LogP contribution in [0.25, 0.3) is 0 Å². The van der Waals surface area contributed by atoms with Crippen molar-refractivity contribution in [1.29, 1.82) is 0 Å². The summed E-state index contributed by atoms with van der Waals surface area (Å²) in [5, 5.41) is 0. The number of nitrogens with zero attached hydrogens (tertiary/aromatic N) is 1. The van der Waals surface area contributed by atoms with Crippen LogP contribution in [0.3, 0.4) is 0 Å². The molecule has 1 unspecified atom stereocenters. The first kappa shape index (κ1) is 25.0. The van der Waals surface area contributed by atoms with Crippen molar-refractivity contribution in [2.45, 2.75) is 97.4 Å². The topological polar surface area (TPSA) is 117 Å². The molecule has 5 atom stereocenters. The number of ether oxygens (including phenoxy) is 1. The molecule has 0 aromatic heterocycles. The van der Waals surface area contributed by atoms with E-state index in [1.165, 1.54) is 48.8 Å². The summed E-state index contributed by atoms with van der Waals surface area (Å²) in [5.41, 5.74) is 21.8. The van der Waals surface area contributed by atoms with E-state index in [1.807, 2.05) is 6.07 Å². The molecule has 0 aliphatic heterocycles. The van der Waals surface area contributed by atoms with Gasteiger partial charge in [-0.2, -0.15) is 0 Å². The summed E-state index contributed by atoms with van der Waals surface area (Å²) >= 11 is 0. The van der Waals surface area contributed by atoms with Crippen molar-refractivity contribution in [3.8, 4) is 5.75 Å². The van der Waals surface area contributed by atoms with Gasteiger partial charge in [0.15, 0.2) is 5.96 Å². The Morgan fingerprint density at radius 3 is 2.59 bits per heavy atom. The highest BCUT2D eigenvalue weighted by Gasteiger charge is 2.61. The molecule has 6 N–H and O–H groups in total. The van der Waals surface area contributed by atoms with Crippen LogP contribution in [-0.4, -0.2) is 24.5 Å². The molecule has 0 bridgehead atoms. The van der Waals surface area contributed by atoms with Crippen molar-refractivity contribution in [3.05, 3.63) is 28.8 Å². The van der Waals surface area contributed by atoms with Crippen molar-refractivity contribution in [2.75, 3.05) is 6.54 Å². The Kier molecular flexibility index (Phi) is 6.52. The van der Waals surface area contributed by atoms with E-state index in [1.54, 1.807) is 0 Å². The van der Waals surface area contributed by atoms with Gasteiger partial charge in [0.1, 0.15) is 11.8 Å². The van der Waals surface area contributed by atoms with Gasteiger partial charge in [-0.15, -0.1) is 0 Å². The molecule has 34 heavy (non-hydrogen) atoms. The lowest BCUT2D eigenvalue weighted by Gasteiger charge is -2.61. The fraction of sp³-hybridized carbons (Fsp3) is 0.714. The van der Waals surface area contributed by atoms with E-state index in [9.17, 15) is 4.79 Å². The van der Waals surface area contributed by atoms with Crippen LogP contribution in [-0.2, 0) is 16.6 Å². The molecule has 2 saturated carbocycles. The fourth-order valence-corrected chi connectivity index (χ4v) is 8.32. The number of fused-ring (bicyclic) bond motifs is 5. The number of carbonyl (C=O) groups is 1. The van der Waals surface area contributed by atoms with Crippen LogP contribution in [0.4, 0.5) is 0 Å². The lowest BCUT2D eigenvalue weighted by Crippen LogP contribution is -2.55. The minimum Gasteiger partial charge on any atom is -0.425 e. The van der Waals surface area contributed by atoms with Gasteiger partial charge in [0.2, 0.25) is 0 Å². The highest BCUT2D eigenvalue weighted by Crippen LogP contribution is 2.67. The molecule has 0 saturated heterocycles. The molecule has 1 aromatic carbocycles. The lowest BCUT2D eigenvalue weighted by molar-refractivity contribution is -0.136. The number of nitrogens with two attached hydrogens (primary N) is 3. The highest BCUT2D eigenvalue weighted by atomic mass is 16.5. The molecule has 0 amide bonds. The number of carbonyl (C=O) groups excluding carboxylic acids is 1. The van der Waals surface area contributed by atoms with Gasteiger partial charge in [-0.1, -0.05) is 34.1 Å². The molecule has 3 aliphatic carbocycles. The molecule has 0 heterocycles. The van der Waals surface area contributed by atoms with Crippen LogP contribution in [0.2, 0.25) is 0 Å². The average Bonchev–Trinajstić information content (AvgIpc) is 3.04. The summed E-state index contributed by atoms with van der Waals surface area (Å²) in [6, 6.07) is 3.46. The Labute approximate surface area is 205 Å². The average molecular weight is 469 g/mol. The van der Waals surface area contributed by atoms with E-state index in [0.717, 1.165) is 12.3 Å². The predicted molar refractivity (Wildman–Crippen MR) is 138 cm³/mol. The number of benzene rings is 1. The Bertz CT molecular complexity index is 983. The second kappa shape index (κ2) is 8.85. The van der Waals surface area contributed by atoms with Crippen molar-refractivity contribution in [3.63, 3.8) is 0 Å². The minimum absolute atomic E-state index is 0.0518. The molecule has 188 valence electrons. The summed E-state index contributed by atoms with van der Waals surface area (Å²) in [4.78, 5) is 16.6. The highest BCUT2D eigenvalue weighted by molar-refractivity contribution is 5.78. The van der Waals surface area contributed by atoms with Gasteiger partial charge in [0, 0.05) is 6.54 Å². The van der Waals surface area contributed by atoms with Gasteiger partial charge in [-0.3, -0.25) is 4.99 Å². The van der Waals surface area contributed by atoms with Gasteiger partial charge in [0.05, 0.1) is 0 Å². The van der Waals surface area contributed by atoms with Gasteiger partial charge < -0.3 is 21.9 Å². The third-order valence-corrected chi connectivity index (χ3v) is 9.67. The van der Waals surface area contributed by atoms with Crippen LogP contribution in [0, 0.1) is 29.6 Å². The summed E-state index contributed by atoms with van der Waals surface area (Å²) in [6.07, 6.45) is 8.73. The monoisotopic (exact) mass is 468 g/mol. The zero-order valence-electron chi connectivity index (χ0n) is 21.7. The van der Waals surface area contributed by atoms with Gasteiger partial charge in [0.25, 0.3) is 0 Å². The normalized spacial score (nSPS) is 32.2. The smallest absolute Gasteiger partial charge is 0.328 e. The van der Waals surface area contributed by atoms with Crippen LogP contribution in [0.15, 0.2) is 17.1 Å². The first-order chi connectivity index (χ1) is 15.9. The van der Waals surface area contributed by atoms with Crippen LogP contribution in [0.1, 0.15) is 89.3 Å². The minimum atomic E-state index is -0.688. The van der Waals surface area contributed by atoms with E-state index in [0.29, 0.717) is 41.9 Å². The largest absolute Gasteiger partial charge is 0.425 e.